The number of rotatable bonds is 30. The number of aliphatic hydroxyl groups is 1. The minimum atomic E-state index is -1.12. The maximum atomic E-state index is 13.8. The summed E-state index contributed by atoms with van der Waals surface area (Å²) in [5, 5.41) is 20.3. The maximum Gasteiger partial charge on any atom is 0.350 e. The van der Waals surface area contributed by atoms with Crippen molar-refractivity contribution in [2.45, 2.75) is 138 Å². The number of benzene rings is 3. The van der Waals surface area contributed by atoms with E-state index >= 15 is 0 Å². The van der Waals surface area contributed by atoms with Gasteiger partial charge in [-0.25, -0.2) is 14.4 Å². The molecule has 0 amide bonds. The molecule has 0 radical (unpaired) electrons. The van der Waals surface area contributed by atoms with Crippen LogP contribution in [0.25, 0.3) is 0 Å². The van der Waals surface area contributed by atoms with Gasteiger partial charge in [0.25, 0.3) is 0 Å². The third-order valence-electron chi connectivity index (χ3n) is 13.6. The highest BCUT2D eigenvalue weighted by Gasteiger charge is 2.37. The van der Waals surface area contributed by atoms with Crippen molar-refractivity contribution in [1.82, 2.24) is 0 Å². The van der Waals surface area contributed by atoms with Gasteiger partial charge in [-0.1, -0.05) is 36.7 Å². The van der Waals surface area contributed by atoms with E-state index in [9.17, 15) is 43.9 Å². The van der Waals surface area contributed by atoms with Crippen molar-refractivity contribution in [2.75, 3.05) is 33.0 Å². The molecule has 1 aliphatic heterocycles. The van der Waals surface area contributed by atoms with E-state index in [4.69, 9.17) is 42.6 Å². The molecule has 434 valence electrons. The van der Waals surface area contributed by atoms with Gasteiger partial charge in [0, 0.05) is 18.6 Å². The fourth-order valence-corrected chi connectivity index (χ4v) is 11.5. The number of nitriles is 1. The lowest BCUT2D eigenvalue weighted by Crippen LogP contribution is -2.30. The fraction of sp³-hybridized carbons (Fsp3) is 0.475. The van der Waals surface area contributed by atoms with Crippen LogP contribution >= 0.6 is 23.5 Å². The van der Waals surface area contributed by atoms with Crippen LogP contribution < -0.4 is 28.4 Å². The maximum absolute atomic E-state index is 13.8. The van der Waals surface area contributed by atoms with Crippen LogP contribution in [0.3, 0.4) is 0 Å². The Kier molecular flexibility index (Phi) is 25.2. The molecule has 1 N–H and O–H groups in total. The Labute approximate surface area is 481 Å². The summed E-state index contributed by atoms with van der Waals surface area (Å²) in [5.74, 6) is -3.33. The number of esters is 7. The Bertz CT molecular complexity index is 2590. The van der Waals surface area contributed by atoms with Crippen LogP contribution in [0.2, 0.25) is 0 Å². The fourth-order valence-electron chi connectivity index (χ4n) is 8.91. The average molecular weight is 1150 g/mol. The van der Waals surface area contributed by atoms with E-state index in [1.54, 1.807) is 62.4 Å². The second-order valence-electron chi connectivity index (χ2n) is 20.4. The normalized spacial score (nSPS) is 17.4. The Morgan fingerprint density at radius 2 is 0.864 bits per heavy atom. The van der Waals surface area contributed by atoms with Crippen LogP contribution in [-0.4, -0.2) is 85.5 Å². The van der Waals surface area contributed by atoms with Crippen molar-refractivity contribution in [2.24, 2.45) is 23.7 Å². The zero-order valence-corrected chi connectivity index (χ0v) is 47.6. The van der Waals surface area contributed by atoms with E-state index in [2.05, 4.69) is 13.2 Å². The van der Waals surface area contributed by atoms with Crippen LogP contribution in [0.5, 0.6) is 34.5 Å². The highest BCUT2D eigenvalue weighted by molar-refractivity contribution is 8.24. The summed E-state index contributed by atoms with van der Waals surface area (Å²) in [4.78, 5) is 90.3. The summed E-state index contributed by atoms with van der Waals surface area (Å²) < 4.78 is 50.6. The molecule has 2 aliphatic carbocycles. The summed E-state index contributed by atoms with van der Waals surface area (Å²) in [5.41, 5.74) is -1.43. The number of nitrogens with zero attached hydrogens (tertiary/aromatic N) is 1. The van der Waals surface area contributed by atoms with Crippen LogP contribution in [0, 0.1) is 35.0 Å². The molecule has 6 rings (SSSR count). The zero-order chi connectivity index (χ0) is 58.2. The van der Waals surface area contributed by atoms with Crippen molar-refractivity contribution < 1.29 is 81.3 Å². The van der Waals surface area contributed by atoms with Gasteiger partial charge < -0.3 is 47.7 Å². The number of thioether (sulfide) groups is 2. The molecule has 0 aromatic heterocycles. The highest BCUT2D eigenvalue weighted by atomic mass is 32.2. The molecule has 2 saturated carbocycles. The second kappa shape index (κ2) is 32.4. The molecule has 18 nitrogen and oxygen atoms in total. The monoisotopic (exact) mass is 1150 g/mol. The van der Waals surface area contributed by atoms with Gasteiger partial charge in [-0.15, -0.1) is 0 Å². The molecular weight excluding hydrogens is 1080 g/mol. The third-order valence-corrected chi connectivity index (χ3v) is 16.3. The third kappa shape index (κ3) is 20.8. The first kappa shape index (κ1) is 63.1. The molecule has 0 unspecified atom stereocenters. The van der Waals surface area contributed by atoms with Crippen LogP contribution in [0.15, 0.2) is 106 Å². The molecule has 81 heavy (non-hydrogen) atoms. The number of hydrogen-bond donors (Lipinski definition) is 1. The van der Waals surface area contributed by atoms with Crippen LogP contribution in [0.4, 0.5) is 0 Å². The van der Waals surface area contributed by atoms with Crippen LogP contribution in [-0.2, 0) is 47.8 Å². The first-order valence-corrected chi connectivity index (χ1v) is 29.1. The first-order chi connectivity index (χ1) is 39.0. The lowest BCUT2D eigenvalue weighted by Gasteiger charge is -2.26. The second-order valence-corrected chi connectivity index (χ2v) is 22.7. The van der Waals surface area contributed by atoms with E-state index in [0.717, 1.165) is 87.0 Å². The minimum Gasteiger partial charge on any atom is -0.494 e. The summed E-state index contributed by atoms with van der Waals surface area (Å²) >= 11 is 2.00. The van der Waals surface area contributed by atoms with E-state index in [0.29, 0.717) is 111 Å². The lowest BCUT2D eigenvalue weighted by molar-refractivity contribution is -0.145. The largest absolute Gasteiger partial charge is 0.494 e. The first-order valence-electron chi connectivity index (χ1n) is 27.5. The summed E-state index contributed by atoms with van der Waals surface area (Å²) in [6.07, 6.45) is 12.2. The molecule has 0 atom stereocenters. The Morgan fingerprint density at radius 1 is 0.519 bits per heavy atom. The molecule has 3 aromatic carbocycles. The predicted molar refractivity (Wildman–Crippen MR) is 299 cm³/mol. The summed E-state index contributed by atoms with van der Waals surface area (Å²) in [6, 6.07) is 18.5. The standard InChI is InChI=1S/C61H71NO17S2/c1-5-51(63)73-36-13-9-7-11-34-71-44-23-27-46(28-24-44)76-55(65)40-15-19-42(20-16-40)57(67)78-49-31-32-50(54-53(49)80-60(81-54)48(39-62)59(69)75-38-33-61(3,4)70)79-58(68)43-21-17-41(18-22-43)56(66)77-47-29-25-45(26-30-47)72-35-12-8-10-14-37-74-52(64)6-2/h5-6,23-32,40-43,70H,1-2,7-22,33-38H2,3-4H3/t40-,41-,42-,43-. The molecule has 0 bridgehead atoms. The minimum absolute atomic E-state index is 0.125. The summed E-state index contributed by atoms with van der Waals surface area (Å²) in [7, 11) is 0. The van der Waals surface area contributed by atoms with Crippen molar-refractivity contribution >= 4 is 65.3 Å². The number of ether oxygens (including phenoxy) is 9. The van der Waals surface area contributed by atoms with Gasteiger partial charge in [0.05, 0.1) is 76.3 Å². The molecular formula is C61H71NO17S2. The van der Waals surface area contributed by atoms with E-state index in [1.807, 2.05) is 6.07 Å². The number of fused-ring (bicyclic) bond motifs is 1. The molecule has 0 spiro atoms. The quantitative estimate of drug-likeness (QED) is 0.0163. The highest BCUT2D eigenvalue weighted by Crippen LogP contribution is 2.59. The molecule has 20 heteroatoms. The molecule has 1 heterocycles. The van der Waals surface area contributed by atoms with Crippen molar-refractivity contribution in [3.8, 4) is 40.6 Å². The van der Waals surface area contributed by atoms with Gasteiger partial charge in [0.2, 0.25) is 0 Å². The van der Waals surface area contributed by atoms with Gasteiger partial charge in [0.1, 0.15) is 40.6 Å². The van der Waals surface area contributed by atoms with Crippen LogP contribution in [0.1, 0.15) is 123 Å². The molecule has 3 aliphatic rings. The number of carbonyl (C=O) groups excluding carboxylic acids is 7. The molecule has 0 saturated heterocycles. The molecule has 3 aromatic rings. The predicted octanol–water partition coefficient (Wildman–Crippen LogP) is 11.3. The smallest absolute Gasteiger partial charge is 0.350 e. The van der Waals surface area contributed by atoms with E-state index in [-0.39, 0.29) is 34.3 Å². The number of unbranched alkanes of at least 4 members (excludes halogenated alkanes) is 6. The number of carbonyl (C=O) groups is 7. The van der Waals surface area contributed by atoms with Crippen molar-refractivity contribution in [3.63, 3.8) is 0 Å². The van der Waals surface area contributed by atoms with Gasteiger partial charge in [-0.2, -0.15) is 5.26 Å². The number of hydrogen-bond acceptors (Lipinski definition) is 20. The van der Waals surface area contributed by atoms with Crippen molar-refractivity contribution in [1.29, 1.82) is 5.26 Å². The van der Waals surface area contributed by atoms with Gasteiger partial charge >= 0.3 is 41.8 Å². The van der Waals surface area contributed by atoms with E-state index in [1.165, 1.54) is 12.1 Å². The Morgan fingerprint density at radius 3 is 1.21 bits per heavy atom. The van der Waals surface area contributed by atoms with Gasteiger partial charge in [-0.05, 0) is 177 Å². The topological polar surface area (TPSA) is 247 Å². The van der Waals surface area contributed by atoms with Crippen molar-refractivity contribution in [3.05, 3.63) is 95.8 Å². The Hall–Kier alpha value is -7.08. The molecule has 2 fully saturated rings. The van der Waals surface area contributed by atoms with Gasteiger partial charge in [0.15, 0.2) is 5.57 Å². The lowest BCUT2D eigenvalue weighted by atomic mass is 9.82. The average Bonchev–Trinajstić information content (AvgIpc) is 4.10. The SMILES string of the molecule is C=CC(=O)OCCCCCCOc1ccc(OC(=O)[C@H]2CC[C@H](C(=O)Oc3ccc(OC(=O)[C@H]4CC[C@H](C(=O)Oc5ccc(OCCCCCCOC(=O)C=C)cc5)CC4)c4c3SC(=C(C#N)C(=O)OCCC(C)(C)O)S4)CC2)cc1. The Balaban J connectivity index is 0.991. The van der Waals surface area contributed by atoms with E-state index < -0.39 is 71.1 Å². The van der Waals surface area contributed by atoms with Gasteiger partial charge in [-0.3, -0.25) is 19.2 Å². The summed E-state index contributed by atoms with van der Waals surface area (Å²) in [6.45, 7) is 11.5. The zero-order valence-electron chi connectivity index (χ0n) is 46.0.